The van der Waals surface area contributed by atoms with Crippen LogP contribution in [0.3, 0.4) is 0 Å². The largest absolute Gasteiger partial charge is 0.431 e. The number of unbranched alkanes of at least 4 members (excludes halogenated alkanes) is 1. The number of allylic oxidation sites excluding steroid dienone is 9. The molecule has 1 aliphatic rings. The fourth-order valence-corrected chi connectivity index (χ4v) is 2.83. The van der Waals surface area contributed by atoms with Crippen LogP contribution in [0.1, 0.15) is 52.9 Å². The van der Waals surface area contributed by atoms with E-state index in [4.69, 9.17) is 28.0 Å². The first kappa shape index (κ1) is 24.6. The lowest BCUT2D eigenvalue weighted by Crippen LogP contribution is -2.45. The molecule has 1 unspecified atom stereocenters. The first-order chi connectivity index (χ1) is 13.2. The molecule has 7 heteroatoms. The number of alkyl halides is 3. The van der Waals surface area contributed by atoms with Gasteiger partial charge in [-0.05, 0) is 31.4 Å². The van der Waals surface area contributed by atoms with Gasteiger partial charge >= 0.3 is 6.18 Å². The molecule has 0 radical (unpaired) electrons. The van der Waals surface area contributed by atoms with Crippen molar-refractivity contribution in [1.82, 2.24) is 0 Å². The van der Waals surface area contributed by atoms with Gasteiger partial charge in [-0.3, -0.25) is 0 Å². The highest BCUT2D eigenvalue weighted by molar-refractivity contribution is 6.34. The molecule has 1 rings (SSSR count). The van der Waals surface area contributed by atoms with E-state index in [-0.39, 0.29) is 17.2 Å². The van der Waals surface area contributed by atoms with Crippen molar-refractivity contribution in [2.75, 3.05) is 0 Å². The summed E-state index contributed by atoms with van der Waals surface area (Å²) in [6.45, 7) is 5.67. The Bertz CT molecular complexity index is 703. The zero-order valence-electron chi connectivity index (χ0n) is 16.3. The predicted molar refractivity (Wildman–Crippen MR) is 112 cm³/mol. The number of rotatable bonds is 9. The second-order valence-electron chi connectivity index (χ2n) is 6.37. The molecule has 0 saturated heterocycles. The van der Waals surface area contributed by atoms with E-state index in [2.05, 4.69) is 12.1 Å². The molecule has 28 heavy (non-hydrogen) atoms. The van der Waals surface area contributed by atoms with Crippen molar-refractivity contribution in [2.45, 2.75) is 64.7 Å². The Balaban J connectivity index is 3.08. The molecule has 2 nitrogen and oxygen atoms in total. The zero-order valence-corrected chi connectivity index (χ0v) is 17.8. The normalized spacial score (nSPS) is 22.3. The molecular weight excluding hydrogens is 410 g/mol. The van der Waals surface area contributed by atoms with E-state index in [1.165, 1.54) is 12.2 Å². The topological polar surface area (TPSA) is 21.6 Å². The van der Waals surface area contributed by atoms with Crippen molar-refractivity contribution >= 4 is 28.9 Å². The Morgan fingerprint density at radius 1 is 1.29 bits per heavy atom. The van der Waals surface area contributed by atoms with Crippen molar-refractivity contribution in [3.8, 4) is 0 Å². The second-order valence-corrected chi connectivity index (χ2v) is 7.30. The van der Waals surface area contributed by atoms with Gasteiger partial charge in [-0.15, -0.1) is 0 Å². The second kappa shape index (κ2) is 11.5. The third-order valence-electron chi connectivity index (χ3n) is 4.11. The van der Waals surface area contributed by atoms with E-state index >= 15 is 0 Å². The summed E-state index contributed by atoms with van der Waals surface area (Å²) in [7, 11) is 0. The maximum Gasteiger partial charge on any atom is 0.431 e. The summed E-state index contributed by atoms with van der Waals surface area (Å²) in [4.78, 5) is 4.96. The zero-order chi connectivity index (χ0) is 21.2. The lowest BCUT2D eigenvalue weighted by atomic mass is 9.89. The van der Waals surface area contributed by atoms with Gasteiger partial charge in [0.05, 0.1) is 5.71 Å². The third kappa shape index (κ3) is 7.17. The maximum absolute atomic E-state index is 13.8. The Hall–Kier alpha value is -1.46. The number of oxime groups is 1. The predicted octanol–water partition coefficient (Wildman–Crippen LogP) is 7.97. The highest BCUT2D eigenvalue weighted by atomic mass is 35.5. The number of hydrogen-bond acceptors (Lipinski definition) is 2. The summed E-state index contributed by atoms with van der Waals surface area (Å²) in [5.74, 6) is 0. The van der Waals surface area contributed by atoms with Crippen LogP contribution in [0.15, 0.2) is 63.3 Å². The molecule has 0 aliphatic carbocycles. The molecule has 1 heterocycles. The van der Waals surface area contributed by atoms with Gasteiger partial charge in [0, 0.05) is 22.9 Å². The van der Waals surface area contributed by atoms with Gasteiger partial charge in [-0.2, -0.15) is 13.2 Å². The van der Waals surface area contributed by atoms with Crippen molar-refractivity contribution in [2.24, 2.45) is 5.16 Å². The van der Waals surface area contributed by atoms with Crippen LogP contribution in [0.25, 0.3) is 0 Å². The first-order valence-electron chi connectivity index (χ1n) is 9.22. The molecule has 0 amide bonds. The SMILES string of the molecule is C\C=C/C(=C\C=C\CCC)C1=NOC(C/C=C(Cl)\C=C(\Cl)CC)(C(F)(F)F)C1. The molecule has 156 valence electrons. The first-order valence-corrected chi connectivity index (χ1v) is 9.98. The van der Waals surface area contributed by atoms with Gasteiger partial charge in [-0.25, -0.2) is 0 Å². The van der Waals surface area contributed by atoms with Gasteiger partial charge in [0.2, 0.25) is 5.60 Å². The molecule has 0 aromatic carbocycles. The van der Waals surface area contributed by atoms with Crippen LogP contribution in [0.4, 0.5) is 13.2 Å². The average Bonchev–Trinajstić information content (AvgIpc) is 3.08. The van der Waals surface area contributed by atoms with Gasteiger partial charge < -0.3 is 4.84 Å². The van der Waals surface area contributed by atoms with E-state index in [0.717, 1.165) is 12.8 Å². The lowest BCUT2D eigenvalue weighted by molar-refractivity contribution is -0.267. The minimum atomic E-state index is -4.61. The highest BCUT2D eigenvalue weighted by Gasteiger charge is 2.60. The number of nitrogens with zero attached hydrogens (tertiary/aromatic N) is 1. The standard InChI is InChI=1S/C21H26Cl2F3NO/c1-4-7-8-9-11-16(10-5-2)19-15-20(28-27-19,21(24,25)26)13-12-18(23)14-17(22)6-3/h5,8-12,14H,4,6-7,13,15H2,1-3H3/b9-8+,10-5-,16-11+,17-14+,18-12+. The minimum Gasteiger partial charge on any atom is -0.378 e. The van der Waals surface area contributed by atoms with Crippen LogP contribution < -0.4 is 0 Å². The number of hydrogen-bond donors (Lipinski definition) is 0. The third-order valence-corrected chi connectivity index (χ3v) is 4.75. The average molecular weight is 436 g/mol. The van der Waals surface area contributed by atoms with Crippen LogP contribution in [-0.4, -0.2) is 17.5 Å². The molecule has 0 aromatic heterocycles. The van der Waals surface area contributed by atoms with Crippen LogP contribution in [0.2, 0.25) is 0 Å². The van der Waals surface area contributed by atoms with Crippen molar-refractivity contribution in [3.05, 3.63) is 58.2 Å². The minimum absolute atomic E-state index is 0.138. The Labute approximate surface area is 175 Å². The quantitative estimate of drug-likeness (QED) is 0.336. The summed E-state index contributed by atoms with van der Waals surface area (Å²) < 4.78 is 41.4. The fraction of sp³-hybridized carbons (Fsp3) is 0.476. The monoisotopic (exact) mass is 435 g/mol. The van der Waals surface area contributed by atoms with E-state index in [0.29, 0.717) is 17.0 Å². The molecular formula is C21H26Cl2F3NO. The van der Waals surface area contributed by atoms with Gasteiger partial charge in [0.1, 0.15) is 0 Å². The number of halogens is 5. The smallest absolute Gasteiger partial charge is 0.378 e. The van der Waals surface area contributed by atoms with Crippen LogP contribution in [-0.2, 0) is 4.84 Å². The summed E-state index contributed by atoms with van der Waals surface area (Å²) >= 11 is 11.9. The molecule has 1 aliphatic heterocycles. The molecule has 0 N–H and O–H groups in total. The fourth-order valence-electron chi connectivity index (χ4n) is 2.44. The van der Waals surface area contributed by atoms with Crippen LogP contribution >= 0.6 is 23.2 Å². The van der Waals surface area contributed by atoms with Gasteiger partial charge in [0.15, 0.2) is 0 Å². The Kier molecular flexibility index (Phi) is 10.1. The molecule has 0 bridgehead atoms. The Morgan fingerprint density at radius 3 is 2.57 bits per heavy atom. The van der Waals surface area contributed by atoms with Gasteiger partial charge in [-0.1, -0.05) is 85.1 Å². The Morgan fingerprint density at radius 2 is 2.00 bits per heavy atom. The summed E-state index contributed by atoms with van der Waals surface area (Å²) in [5.41, 5.74) is -1.60. The molecule has 1 atom stereocenters. The van der Waals surface area contributed by atoms with Crippen LogP contribution in [0.5, 0.6) is 0 Å². The van der Waals surface area contributed by atoms with E-state index in [1.807, 2.05) is 19.1 Å². The summed E-state index contributed by atoms with van der Waals surface area (Å²) in [5, 5.41) is 4.36. The van der Waals surface area contributed by atoms with Crippen molar-refractivity contribution in [1.29, 1.82) is 0 Å². The van der Waals surface area contributed by atoms with E-state index in [9.17, 15) is 13.2 Å². The van der Waals surface area contributed by atoms with Crippen LogP contribution in [0, 0.1) is 0 Å². The van der Waals surface area contributed by atoms with E-state index < -0.39 is 18.2 Å². The maximum atomic E-state index is 13.8. The summed E-state index contributed by atoms with van der Waals surface area (Å²) in [6, 6.07) is 0. The van der Waals surface area contributed by atoms with E-state index in [1.54, 1.807) is 25.2 Å². The molecule has 0 fully saturated rings. The molecule has 0 spiro atoms. The van der Waals surface area contributed by atoms with Crippen molar-refractivity contribution < 1.29 is 18.0 Å². The molecule has 0 aromatic rings. The summed E-state index contributed by atoms with van der Waals surface area (Å²) in [6.07, 6.45) is 8.69. The highest BCUT2D eigenvalue weighted by Crippen LogP contribution is 2.44. The van der Waals surface area contributed by atoms with Crippen molar-refractivity contribution in [3.63, 3.8) is 0 Å². The van der Waals surface area contributed by atoms with Gasteiger partial charge in [0.25, 0.3) is 0 Å². The molecule has 0 saturated carbocycles. The lowest BCUT2D eigenvalue weighted by Gasteiger charge is -2.28.